The highest BCUT2D eigenvalue weighted by Crippen LogP contribution is 2.36. The first-order valence-electron chi connectivity index (χ1n) is 11.8. The summed E-state index contributed by atoms with van der Waals surface area (Å²) in [4.78, 5) is 31.5. The van der Waals surface area contributed by atoms with Crippen LogP contribution in [0, 0.1) is 0 Å². The third kappa shape index (κ3) is 5.21. The number of nitrogens with zero attached hydrogens (tertiary/aromatic N) is 2. The molecular weight excluding hydrogens is 576 g/mol. The van der Waals surface area contributed by atoms with E-state index in [0.29, 0.717) is 56.7 Å². The van der Waals surface area contributed by atoms with Crippen LogP contribution in [0.15, 0.2) is 56.4 Å². The largest absolute Gasteiger partial charge is 0.493 e. The van der Waals surface area contributed by atoms with Crippen molar-refractivity contribution in [1.29, 1.82) is 0 Å². The van der Waals surface area contributed by atoms with Crippen molar-refractivity contribution in [3.05, 3.63) is 77.4 Å². The van der Waals surface area contributed by atoms with Gasteiger partial charge in [0.05, 0.1) is 50.7 Å². The van der Waals surface area contributed by atoms with Gasteiger partial charge in [-0.25, -0.2) is 9.79 Å². The van der Waals surface area contributed by atoms with E-state index >= 15 is 0 Å². The van der Waals surface area contributed by atoms with Crippen LogP contribution in [-0.4, -0.2) is 45.1 Å². The SMILES string of the molecule is CCOc1ccc([C@H]2C(C(=O)OC)=CN=c3s/c(=C/c4cc(Br)cc(OC)c4OC)c(=O)n32)cc1OCC. The Morgan fingerprint density at radius 1 is 1.05 bits per heavy atom. The van der Waals surface area contributed by atoms with E-state index in [-0.39, 0.29) is 11.1 Å². The average molecular weight is 603 g/mol. The van der Waals surface area contributed by atoms with E-state index in [0.717, 1.165) is 4.47 Å². The summed E-state index contributed by atoms with van der Waals surface area (Å²) in [7, 11) is 4.38. The van der Waals surface area contributed by atoms with Gasteiger partial charge in [-0.2, -0.15) is 0 Å². The first-order chi connectivity index (χ1) is 18.4. The molecule has 0 radical (unpaired) electrons. The molecule has 0 unspecified atom stereocenters. The van der Waals surface area contributed by atoms with Gasteiger partial charge in [0.15, 0.2) is 27.8 Å². The number of esters is 1. The number of hydrogen-bond acceptors (Lipinski definition) is 9. The summed E-state index contributed by atoms with van der Waals surface area (Å²) < 4.78 is 30.2. The van der Waals surface area contributed by atoms with Gasteiger partial charge in [0.25, 0.3) is 5.56 Å². The molecular formula is C27H27BrN2O7S. The fourth-order valence-electron chi connectivity index (χ4n) is 4.19. The maximum absolute atomic E-state index is 13.8. The van der Waals surface area contributed by atoms with Crippen LogP contribution in [0.4, 0.5) is 0 Å². The Morgan fingerprint density at radius 3 is 2.45 bits per heavy atom. The molecule has 0 fully saturated rings. The molecule has 3 aromatic rings. The average Bonchev–Trinajstić information content (AvgIpc) is 3.23. The van der Waals surface area contributed by atoms with Crippen molar-refractivity contribution in [2.24, 2.45) is 4.99 Å². The number of hydrogen-bond donors (Lipinski definition) is 0. The van der Waals surface area contributed by atoms with Crippen LogP contribution in [0.25, 0.3) is 6.08 Å². The number of benzene rings is 2. The van der Waals surface area contributed by atoms with Gasteiger partial charge in [-0.15, -0.1) is 0 Å². The zero-order valence-corrected chi connectivity index (χ0v) is 24.0. The van der Waals surface area contributed by atoms with Crippen molar-refractivity contribution < 1.29 is 28.5 Å². The summed E-state index contributed by atoms with van der Waals surface area (Å²) in [6, 6.07) is 8.18. The lowest BCUT2D eigenvalue weighted by Gasteiger charge is -2.23. The highest BCUT2D eigenvalue weighted by molar-refractivity contribution is 9.10. The molecule has 200 valence electrons. The Hall–Kier alpha value is -3.57. The Morgan fingerprint density at radius 2 is 1.79 bits per heavy atom. The second-order valence-corrected chi connectivity index (χ2v) is 9.90. The Balaban J connectivity index is 1.94. The van der Waals surface area contributed by atoms with E-state index < -0.39 is 12.0 Å². The molecule has 38 heavy (non-hydrogen) atoms. The monoisotopic (exact) mass is 602 g/mol. The predicted octanol–water partition coefficient (Wildman–Crippen LogP) is 3.60. The number of carbonyl (C=O) groups excluding carboxylic acids is 1. The van der Waals surface area contributed by atoms with Gasteiger partial charge in [0.1, 0.15) is 0 Å². The summed E-state index contributed by atoms with van der Waals surface area (Å²) in [5.41, 5.74) is 1.20. The van der Waals surface area contributed by atoms with Crippen molar-refractivity contribution in [3.63, 3.8) is 0 Å². The highest BCUT2D eigenvalue weighted by Gasteiger charge is 2.31. The second-order valence-electron chi connectivity index (χ2n) is 7.98. The number of thiazole rings is 1. The second kappa shape index (κ2) is 11.9. The van der Waals surface area contributed by atoms with Gasteiger partial charge in [0, 0.05) is 16.2 Å². The number of ether oxygens (including phenoxy) is 5. The van der Waals surface area contributed by atoms with Crippen molar-refractivity contribution in [1.82, 2.24) is 4.57 Å². The predicted molar refractivity (Wildman–Crippen MR) is 147 cm³/mol. The molecule has 2 heterocycles. The molecule has 0 saturated heterocycles. The van der Waals surface area contributed by atoms with Crippen molar-refractivity contribution in [2.45, 2.75) is 19.9 Å². The molecule has 9 nitrogen and oxygen atoms in total. The van der Waals surface area contributed by atoms with Gasteiger partial charge in [0.2, 0.25) is 0 Å². The minimum absolute atomic E-state index is 0.222. The van der Waals surface area contributed by atoms with Gasteiger partial charge in [-0.1, -0.05) is 33.3 Å². The molecule has 1 aromatic heterocycles. The third-order valence-electron chi connectivity index (χ3n) is 5.77. The molecule has 1 atom stereocenters. The molecule has 1 aliphatic heterocycles. The summed E-state index contributed by atoms with van der Waals surface area (Å²) in [6.45, 7) is 4.64. The van der Waals surface area contributed by atoms with Crippen molar-refractivity contribution >= 4 is 39.3 Å². The lowest BCUT2D eigenvalue weighted by atomic mass is 9.97. The molecule has 11 heteroatoms. The fraction of sp³-hybridized carbons (Fsp3) is 0.296. The van der Waals surface area contributed by atoms with E-state index in [1.54, 1.807) is 37.5 Å². The standard InChI is InChI=1S/C27H27BrN2O7S/c1-6-36-19-9-8-15(11-20(19)37-7-2)23-18(26(32)35-5)14-29-27-30(23)25(31)22(38-27)12-16-10-17(28)13-21(33-3)24(16)34-4/h8-14,23H,6-7H2,1-5H3/b22-12+/t23-/m0/s1. The smallest absolute Gasteiger partial charge is 0.337 e. The lowest BCUT2D eigenvalue weighted by molar-refractivity contribution is -0.136. The number of halogens is 1. The third-order valence-corrected chi connectivity index (χ3v) is 7.22. The maximum atomic E-state index is 13.8. The molecule has 0 amide bonds. The van der Waals surface area contributed by atoms with Crippen LogP contribution < -0.4 is 33.8 Å². The maximum Gasteiger partial charge on any atom is 0.337 e. The van der Waals surface area contributed by atoms with E-state index in [2.05, 4.69) is 20.9 Å². The van der Waals surface area contributed by atoms with Gasteiger partial charge in [-0.3, -0.25) is 9.36 Å². The molecule has 0 bridgehead atoms. The van der Waals surface area contributed by atoms with Crippen LogP contribution in [0.3, 0.4) is 0 Å². The van der Waals surface area contributed by atoms with Gasteiger partial charge >= 0.3 is 5.97 Å². The van der Waals surface area contributed by atoms with Gasteiger partial charge in [-0.05, 0) is 49.8 Å². The molecule has 0 saturated carbocycles. The van der Waals surface area contributed by atoms with E-state index in [1.165, 1.54) is 36.3 Å². The first kappa shape index (κ1) is 27.5. The lowest BCUT2D eigenvalue weighted by Crippen LogP contribution is -2.39. The van der Waals surface area contributed by atoms with Crippen molar-refractivity contribution in [3.8, 4) is 23.0 Å². The van der Waals surface area contributed by atoms with Gasteiger partial charge < -0.3 is 23.7 Å². The first-order valence-corrected chi connectivity index (χ1v) is 13.4. The molecule has 2 aromatic carbocycles. The van der Waals surface area contributed by atoms with Crippen LogP contribution in [0.1, 0.15) is 31.0 Å². The van der Waals surface area contributed by atoms with E-state index in [9.17, 15) is 9.59 Å². The molecule has 1 aliphatic rings. The molecule has 0 spiro atoms. The summed E-state index contributed by atoms with van der Waals surface area (Å²) in [5.74, 6) is 1.51. The number of aromatic nitrogens is 1. The highest BCUT2D eigenvalue weighted by atomic mass is 79.9. The van der Waals surface area contributed by atoms with Crippen LogP contribution in [-0.2, 0) is 9.53 Å². The zero-order valence-electron chi connectivity index (χ0n) is 21.6. The van der Waals surface area contributed by atoms with E-state index in [4.69, 9.17) is 23.7 Å². The van der Waals surface area contributed by atoms with Crippen molar-refractivity contribution in [2.75, 3.05) is 34.5 Å². The fourth-order valence-corrected chi connectivity index (χ4v) is 5.61. The van der Waals surface area contributed by atoms with Crippen LogP contribution >= 0.6 is 27.3 Å². The topological polar surface area (TPSA) is 97.6 Å². The number of methoxy groups -OCH3 is 3. The van der Waals surface area contributed by atoms with Crippen LogP contribution in [0.2, 0.25) is 0 Å². The molecule has 4 rings (SSSR count). The van der Waals surface area contributed by atoms with Crippen LogP contribution in [0.5, 0.6) is 23.0 Å². The minimum atomic E-state index is -0.783. The number of fused-ring (bicyclic) bond motifs is 1. The number of rotatable bonds is 9. The zero-order chi connectivity index (χ0) is 27.4. The minimum Gasteiger partial charge on any atom is -0.493 e. The number of carbonyl (C=O) groups is 1. The summed E-state index contributed by atoms with van der Waals surface area (Å²) in [5, 5.41) is 0. The summed E-state index contributed by atoms with van der Waals surface area (Å²) >= 11 is 4.68. The Labute approximate surface area is 231 Å². The Kier molecular flexibility index (Phi) is 8.58. The molecule has 0 aliphatic carbocycles. The quantitative estimate of drug-likeness (QED) is 0.345. The Bertz CT molecular complexity index is 1580. The van der Waals surface area contributed by atoms with E-state index in [1.807, 2.05) is 19.9 Å². The summed E-state index contributed by atoms with van der Waals surface area (Å²) in [6.07, 6.45) is 3.17. The normalized spacial score (nSPS) is 14.7. The molecule has 0 N–H and O–H groups in total.